The van der Waals surface area contributed by atoms with Gasteiger partial charge in [-0.05, 0) is 31.2 Å². The first-order valence-corrected chi connectivity index (χ1v) is 10.4. The summed E-state index contributed by atoms with van der Waals surface area (Å²) >= 11 is 0. The zero-order valence-electron chi connectivity index (χ0n) is 17.3. The highest BCUT2D eigenvalue weighted by molar-refractivity contribution is 5.92. The van der Waals surface area contributed by atoms with Gasteiger partial charge in [-0.25, -0.2) is 4.98 Å². The second kappa shape index (κ2) is 7.36. The van der Waals surface area contributed by atoms with Crippen LogP contribution in [0.1, 0.15) is 40.6 Å². The molecule has 3 aromatic rings. The van der Waals surface area contributed by atoms with Gasteiger partial charge in [-0.3, -0.25) is 9.69 Å². The molecule has 1 aromatic carbocycles. The van der Waals surface area contributed by atoms with E-state index in [1.54, 1.807) is 17.1 Å². The van der Waals surface area contributed by atoms with Gasteiger partial charge in [0.15, 0.2) is 5.82 Å². The second-order valence-corrected chi connectivity index (χ2v) is 8.66. The molecule has 8 heteroatoms. The van der Waals surface area contributed by atoms with Crippen molar-refractivity contribution in [3.05, 3.63) is 65.8 Å². The summed E-state index contributed by atoms with van der Waals surface area (Å²) in [5.41, 5.74) is 1.65. The Kier molecular flexibility index (Phi) is 4.66. The van der Waals surface area contributed by atoms with Crippen molar-refractivity contribution in [1.82, 2.24) is 29.9 Å². The summed E-state index contributed by atoms with van der Waals surface area (Å²) < 4.78 is 7.42. The highest BCUT2D eigenvalue weighted by Crippen LogP contribution is 2.50. The predicted octanol–water partition coefficient (Wildman–Crippen LogP) is 2.07. The molecule has 1 saturated heterocycles. The van der Waals surface area contributed by atoms with Gasteiger partial charge in [0.05, 0.1) is 17.9 Å². The van der Waals surface area contributed by atoms with Crippen molar-refractivity contribution in [3.8, 4) is 0 Å². The maximum absolute atomic E-state index is 12.7. The number of carbonyl (C=O) groups is 1. The van der Waals surface area contributed by atoms with E-state index in [2.05, 4.69) is 49.6 Å². The van der Waals surface area contributed by atoms with E-state index in [-0.39, 0.29) is 17.4 Å². The molecule has 1 aliphatic carbocycles. The molecule has 3 atom stereocenters. The number of rotatable bonds is 5. The number of carbonyl (C=O) groups excluding carboxylic acids is 1. The summed E-state index contributed by atoms with van der Waals surface area (Å²) in [5, 5.41) is 7.27. The third-order valence-corrected chi connectivity index (χ3v) is 6.53. The maximum Gasteiger partial charge on any atom is 0.269 e. The van der Waals surface area contributed by atoms with Gasteiger partial charge in [-0.2, -0.15) is 4.98 Å². The third kappa shape index (κ3) is 3.31. The summed E-state index contributed by atoms with van der Waals surface area (Å²) in [5.74, 6) is 1.63. The van der Waals surface area contributed by atoms with Crippen molar-refractivity contribution in [1.29, 1.82) is 0 Å². The number of aromatic nitrogens is 4. The molecule has 5 rings (SSSR count). The fourth-order valence-corrected chi connectivity index (χ4v) is 5.21. The van der Waals surface area contributed by atoms with E-state index in [1.807, 2.05) is 20.0 Å². The zero-order chi connectivity index (χ0) is 20.7. The molecule has 2 fully saturated rings. The summed E-state index contributed by atoms with van der Waals surface area (Å²) in [6.45, 7) is 4.56. The number of benzene rings is 1. The number of fused-ring (bicyclic) bond motifs is 1. The van der Waals surface area contributed by atoms with E-state index < -0.39 is 0 Å². The minimum Gasteiger partial charge on any atom is -0.348 e. The largest absolute Gasteiger partial charge is 0.348 e. The quantitative estimate of drug-likeness (QED) is 0.698. The van der Waals surface area contributed by atoms with Gasteiger partial charge in [-0.1, -0.05) is 35.5 Å². The number of nitrogens with one attached hydrogen (secondary N) is 1. The van der Waals surface area contributed by atoms with E-state index in [0.717, 1.165) is 32.5 Å². The molecule has 30 heavy (non-hydrogen) atoms. The molecule has 1 amide bonds. The fourth-order valence-electron chi connectivity index (χ4n) is 5.21. The topological polar surface area (TPSA) is 89.1 Å². The Balaban J connectivity index is 1.36. The molecule has 2 aromatic heterocycles. The molecule has 0 spiro atoms. The third-order valence-electron chi connectivity index (χ3n) is 6.53. The molecule has 1 N–H and O–H groups in total. The first kappa shape index (κ1) is 19.0. The number of nitrogens with zero attached hydrogens (tertiary/aromatic N) is 5. The Labute approximate surface area is 175 Å². The average Bonchev–Trinajstić information content (AvgIpc) is 3.46. The van der Waals surface area contributed by atoms with E-state index in [0.29, 0.717) is 23.3 Å². The van der Waals surface area contributed by atoms with Crippen LogP contribution in [-0.4, -0.2) is 49.6 Å². The lowest BCUT2D eigenvalue weighted by Gasteiger charge is -2.25. The number of hydrogen-bond acceptors (Lipinski definition) is 6. The van der Waals surface area contributed by atoms with Crippen LogP contribution >= 0.6 is 0 Å². The van der Waals surface area contributed by atoms with Crippen molar-refractivity contribution >= 4 is 5.91 Å². The molecule has 8 nitrogen and oxygen atoms in total. The number of amides is 1. The van der Waals surface area contributed by atoms with Gasteiger partial charge in [0, 0.05) is 32.7 Å². The summed E-state index contributed by atoms with van der Waals surface area (Å²) in [7, 11) is 1.83. The summed E-state index contributed by atoms with van der Waals surface area (Å²) in [4.78, 5) is 23.9. The van der Waals surface area contributed by atoms with Crippen LogP contribution in [0, 0.1) is 12.8 Å². The number of imidazole rings is 1. The van der Waals surface area contributed by atoms with Gasteiger partial charge in [0.1, 0.15) is 5.69 Å². The van der Waals surface area contributed by atoms with Gasteiger partial charge in [0.25, 0.3) is 5.91 Å². The summed E-state index contributed by atoms with van der Waals surface area (Å²) in [6, 6.07) is 10.6. The van der Waals surface area contributed by atoms with Crippen LogP contribution in [0.15, 0.2) is 47.4 Å². The van der Waals surface area contributed by atoms with Gasteiger partial charge in [-0.15, -0.1) is 0 Å². The van der Waals surface area contributed by atoms with Crippen molar-refractivity contribution in [3.63, 3.8) is 0 Å². The van der Waals surface area contributed by atoms with Crippen molar-refractivity contribution in [2.75, 3.05) is 13.1 Å². The monoisotopic (exact) mass is 406 g/mol. The van der Waals surface area contributed by atoms with Gasteiger partial charge < -0.3 is 14.4 Å². The predicted molar refractivity (Wildman–Crippen MR) is 110 cm³/mol. The van der Waals surface area contributed by atoms with Crippen LogP contribution < -0.4 is 5.32 Å². The van der Waals surface area contributed by atoms with Crippen LogP contribution in [0.2, 0.25) is 0 Å². The zero-order valence-corrected chi connectivity index (χ0v) is 17.3. The fraction of sp³-hybridized carbons (Fsp3) is 0.455. The van der Waals surface area contributed by atoms with Crippen molar-refractivity contribution in [2.45, 2.75) is 37.8 Å². The SMILES string of the molecule is Cc1noc([C@]23C[C@H](NC(=O)c4cncn4C)C[C@H]2CN(Cc2ccccc2)C3)n1. The highest BCUT2D eigenvalue weighted by atomic mass is 16.5. The smallest absolute Gasteiger partial charge is 0.269 e. The van der Waals surface area contributed by atoms with E-state index in [4.69, 9.17) is 4.52 Å². The standard InChI is InChI=1S/C22H26N6O2/c1-15-24-21(30-26-15)22-9-18(25-20(29)19-10-23-14-27(19)2)8-17(22)12-28(13-22)11-16-6-4-3-5-7-16/h3-7,10,14,17-18H,8-9,11-13H2,1-2H3,(H,25,29)/t17-,18+,22-/m0/s1. The van der Waals surface area contributed by atoms with Crippen LogP contribution in [0.3, 0.4) is 0 Å². The van der Waals surface area contributed by atoms with Crippen LogP contribution in [-0.2, 0) is 19.0 Å². The lowest BCUT2D eigenvalue weighted by molar-refractivity contribution is 0.0925. The van der Waals surface area contributed by atoms with Crippen LogP contribution in [0.5, 0.6) is 0 Å². The number of hydrogen-bond donors (Lipinski definition) is 1. The van der Waals surface area contributed by atoms with E-state index in [9.17, 15) is 4.79 Å². The van der Waals surface area contributed by atoms with Crippen LogP contribution in [0.25, 0.3) is 0 Å². The Morgan fingerprint density at radius 1 is 1.33 bits per heavy atom. The number of aryl methyl sites for hydroxylation is 2. The average molecular weight is 406 g/mol. The Morgan fingerprint density at radius 2 is 2.17 bits per heavy atom. The number of likely N-dealkylation sites (tertiary alicyclic amines) is 1. The molecule has 0 unspecified atom stereocenters. The minimum atomic E-state index is -0.222. The maximum atomic E-state index is 12.7. The Morgan fingerprint density at radius 3 is 2.87 bits per heavy atom. The van der Waals surface area contributed by atoms with Gasteiger partial charge >= 0.3 is 0 Å². The van der Waals surface area contributed by atoms with Gasteiger partial charge in [0.2, 0.25) is 5.89 Å². The van der Waals surface area contributed by atoms with E-state index in [1.165, 1.54) is 5.56 Å². The molecule has 1 aliphatic heterocycles. The van der Waals surface area contributed by atoms with Crippen molar-refractivity contribution in [2.24, 2.45) is 13.0 Å². The molecular formula is C22H26N6O2. The second-order valence-electron chi connectivity index (χ2n) is 8.66. The first-order chi connectivity index (χ1) is 14.5. The van der Waals surface area contributed by atoms with Crippen molar-refractivity contribution < 1.29 is 9.32 Å². The molecule has 156 valence electrons. The molecule has 0 bridgehead atoms. The molecule has 3 heterocycles. The van der Waals surface area contributed by atoms with E-state index >= 15 is 0 Å². The normalized spacial score (nSPS) is 26.1. The lowest BCUT2D eigenvalue weighted by atomic mass is 9.80. The molecule has 1 saturated carbocycles. The minimum absolute atomic E-state index is 0.0727. The summed E-state index contributed by atoms with van der Waals surface area (Å²) in [6.07, 6.45) is 4.94. The lowest BCUT2D eigenvalue weighted by Crippen LogP contribution is -2.38. The Bertz CT molecular complexity index is 1040. The van der Waals surface area contributed by atoms with Crippen LogP contribution in [0.4, 0.5) is 0 Å². The Hall–Kier alpha value is -3.00. The highest BCUT2D eigenvalue weighted by Gasteiger charge is 2.57. The molecule has 0 radical (unpaired) electrons. The first-order valence-electron chi connectivity index (χ1n) is 10.4. The molecular weight excluding hydrogens is 380 g/mol. The molecule has 2 aliphatic rings.